The van der Waals surface area contributed by atoms with Crippen LogP contribution < -0.4 is 5.32 Å². The summed E-state index contributed by atoms with van der Waals surface area (Å²) in [6.07, 6.45) is 1.68. The molecule has 104 valence electrons. The lowest BCUT2D eigenvalue weighted by Gasteiger charge is -2.34. The Bertz CT molecular complexity index is 297. The van der Waals surface area contributed by atoms with Gasteiger partial charge in [-0.05, 0) is 24.7 Å². The van der Waals surface area contributed by atoms with E-state index in [0.29, 0.717) is 19.0 Å². The molecule has 2 amide bonds. The molecule has 1 unspecified atom stereocenters. The number of carbonyl (C=O) groups excluding carboxylic acids is 2. The molecule has 1 rings (SSSR count). The Kier molecular flexibility index (Phi) is 5.59. The zero-order valence-electron chi connectivity index (χ0n) is 11.5. The van der Waals surface area contributed by atoms with Gasteiger partial charge in [-0.2, -0.15) is 0 Å². The molecule has 0 bridgehead atoms. The number of aliphatic hydroxyl groups is 1. The molecule has 0 aromatic heterocycles. The number of amides is 2. The van der Waals surface area contributed by atoms with Crippen LogP contribution in [0.25, 0.3) is 0 Å². The largest absolute Gasteiger partial charge is 0.396 e. The van der Waals surface area contributed by atoms with E-state index >= 15 is 0 Å². The van der Waals surface area contributed by atoms with Gasteiger partial charge in [-0.25, -0.2) is 0 Å². The highest BCUT2D eigenvalue weighted by atomic mass is 16.3. The molecule has 0 aromatic rings. The highest BCUT2D eigenvalue weighted by molar-refractivity contribution is 5.87. The SMILES string of the molecule is CC(=O)NC(C(=O)N1CCC(CO)CC1)C(C)C. The van der Waals surface area contributed by atoms with Crippen LogP contribution in [0.2, 0.25) is 0 Å². The van der Waals surface area contributed by atoms with Crippen molar-refractivity contribution in [1.82, 2.24) is 10.2 Å². The standard InChI is InChI=1S/C13H24N2O3/c1-9(2)12(14-10(3)17)13(18)15-6-4-11(8-16)5-7-15/h9,11-12,16H,4-8H2,1-3H3,(H,14,17). The molecule has 1 heterocycles. The van der Waals surface area contributed by atoms with Crippen LogP contribution in [0.5, 0.6) is 0 Å². The summed E-state index contributed by atoms with van der Waals surface area (Å²) in [5, 5.41) is 11.8. The topological polar surface area (TPSA) is 69.6 Å². The summed E-state index contributed by atoms with van der Waals surface area (Å²) in [5.74, 6) is 0.216. The van der Waals surface area contributed by atoms with Crippen LogP contribution in [0.3, 0.4) is 0 Å². The summed E-state index contributed by atoms with van der Waals surface area (Å²) in [6.45, 7) is 6.83. The maximum Gasteiger partial charge on any atom is 0.245 e. The van der Waals surface area contributed by atoms with E-state index in [-0.39, 0.29) is 24.3 Å². The number of aliphatic hydroxyl groups excluding tert-OH is 1. The van der Waals surface area contributed by atoms with Crippen LogP contribution in [0.4, 0.5) is 0 Å². The normalized spacial score (nSPS) is 18.8. The summed E-state index contributed by atoms with van der Waals surface area (Å²) in [6, 6.07) is -0.437. The van der Waals surface area contributed by atoms with Crippen LogP contribution in [-0.2, 0) is 9.59 Å². The Balaban J connectivity index is 2.58. The van der Waals surface area contributed by atoms with E-state index in [4.69, 9.17) is 5.11 Å². The van der Waals surface area contributed by atoms with E-state index in [0.717, 1.165) is 12.8 Å². The van der Waals surface area contributed by atoms with Gasteiger partial charge in [0.15, 0.2) is 0 Å². The molecule has 0 spiro atoms. The Labute approximate surface area is 109 Å². The highest BCUT2D eigenvalue weighted by Gasteiger charge is 2.30. The molecule has 1 fully saturated rings. The summed E-state index contributed by atoms with van der Waals surface area (Å²) in [5.41, 5.74) is 0. The number of likely N-dealkylation sites (tertiary alicyclic amines) is 1. The molecule has 1 saturated heterocycles. The third kappa shape index (κ3) is 3.98. The van der Waals surface area contributed by atoms with Crippen molar-refractivity contribution in [2.24, 2.45) is 11.8 Å². The van der Waals surface area contributed by atoms with Crippen molar-refractivity contribution >= 4 is 11.8 Å². The van der Waals surface area contributed by atoms with Crippen molar-refractivity contribution in [2.45, 2.75) is 39.7 Å². The molecular formula is C13H24N2O3. The van der Waals surface area contributed by atoms with Crippen molar-refractivity contribution in [3.05, 3.63) is 0 Å². The smallest absolute Gasteiger partial charge is 0.245 e. The second-order valence-corrected chi connectivity index (χ2v) is 5.37. The minimum atomic E-state index is -0.437. The van der Waals surface area contributed by atoms with Crippen LogP contribution >= 0.6 is 0 Å². The maximum absolute atomic E-state index is 12.3. The van der Waals surface area contributed by atoms with E-state index in [2.05, 4.69) is 5.32 Å². The number of carbonyl (C=O) groups is 2. The molecule has 2 N–H and O–H groups in total. The fourth-order valence-corrected chi connectivity index (χ4v) is 2.27. The third-order valence-electron chi connectivity index (χ3n) is 3.48. The molecule has 0 aliphatic carbocycles. The number of piperidine rings is 1. The molecule has 1 atom stereocenters. The monoisotopic (exact) mass is 256 g/mol. The molecule has 0 radical (unpaired) electrons. The van der Waals surface area contributed by atoms with Crippen molar-refractivity contribution in [3.8, 4) is 0 Å². The molecule has 1 aliphatic heterocycles. The van der Waals surface area contributed by atoms with Crippen molar-refractivity contribution < 1.29 is 14.7 Å². The predicted octanol–water partition coefficient (Wildman–Crippen LogP) is 0.378. The Morgan fingerprint density at radius 1 is 1.33 bits per heavy atom. The zero-order valence-corrected chi connectivity index (χ0v) is 11.5. The first kappa shape index (κ1) is 15.0. The minimum absolute atomic E-state index is 0.00316. The average molecular weight is 256 g/mol. The third-order valence-corrected chi connectivity index (χ3v) is 3.48. The Hall–Kier alpha value is -1.10. The lowest BCUT2D eigenvalue weighted by Crippen LogP contribution is -2.52. The zero-order chi connectivity index (χ0) is 13.7. The van der Waals surface area contributed by atoms with Crippen molar-refractivity contribution in [3.63, 3.8) is 0 Å². The van der Waals surface area contributed by atoms with Gasteiger partial charge >= 0.3 is 0 Å². The second-order valence-electron chi connectivity index (χ2n) is 5.37. The van der Waals surface area contributed by atoms with Gasteiger partial charge in [-0.1, -0.05) is 13.8 Å². The molecule has 0 aromatic carbocycles. The lowest BCUT2D eigenvalue weighted by atomic mass is 9.96. The number of rotatable bonds is 4. The van der Waals surface area contributed by atoms with Gasteiger partial charge in [0, 0.05) is 26.6 Å². The number of hydrogen-bond acceptors (Lipinski definition) is 3. The summed E-state index contributed by atoms with van der Waals surface area (Å²) in [4.78, 5) is 25.2. The number of hydrogen-bond donors (Lipinski definition) is 2. The molecule has 5 nitrogen and oxygen atoms in total. The van der Waals surface area contributed by atoms with Gasteiger partial charge in [-0.15, -0.1) is 0 Å². The first-order valence-electron chi connectivity index (χ1n) is 6.62. The Morgan fingerprint density at radius 2 is 1.89 bits per heavy atom. The summed E-state index contributed by atoms with van der Waals surface area (Å²) >= 11 is 0. The van der Waals surface area contributed by atoms with E-state index in [1.807, 2.05) is 13.8 Å². The van der Waals surface area contributed by atoms with Gasteiger partial charge in [-0.3, -0.25) is 9.59 Å². The Morgan fingerprint density at radius 3 is 2.28 bits per heavy atom. The lowest BCUT2D eigenvalue weighted by molar-refractivity contribution is -0.138. The summed E-state index contributed by atoms with van der Waals surface area (Å²) < 4.78 is 0. The first-order chi connectivity index (χ1) is 8.45. The van der Waals surface area contributed by atoms with Crippen molar-refractivity contribution in [1.29, 1.82) is 0 Å². The molecule has 0 saturated carbocycles. The first-order valence-corrected chi connectivity index (χ1v) is 6.62. The molecular weight excluding hydrogens is 232 g/mol. The quantitative estimate of drug-likeness (QED) is 0.764. The molecule has 18 heavy (non-hydrogen) atoms. The van der Waals surface area contributed by atoms with E-state index in [1.165, 1.54) is 6.92 Å². The van der Waals surface area contributed by atoms with Gasteiger partial charge in [0.25, 0.3) is 0 Å². The molecule has 1 aliphatic rings. The fourth-order valence-electron chi connectivity index (χ4n) is 2.27. The maximum atomic E-state index is 12.3. The van der Waals surface area contributed by atoms with E-state index < -0.39 is 6.04 Å². The van der Waals surface area contributed by atoms with Crippen LogP contribution in [0.1, 0.15) is 33.6 Å². The van der Waals surface area contributed by atoms with Crippen LogP contribution in [0, 0.1) is 11.8 Å². The summed E-state index contributed by atoms with van der Waals surface area (Å²) in [7, 11) is 0. The second kappa shape index (κ2) is 6.73. The predicted molar refractivity (Wildman–Crippen MR) is 68.8 cm³/mol. The van der Waals surface area contributed by atoms with Gasteiger partial charge in [0.1, 0.15) is 6.04 Å². The van der Waals surface area contributed by atoms with Crippen LogP contribution in [-0.4, -0.2) is 47.6 Å². The molecule has 5 heteroatoms. The van der Waals surface area contributed by atoms with Gasteiger partial charge in [0.05, 0.1) is 0 Å². The van der Waals surface area contributed by atoms with Gasteiger partial charge in [0.2, 0.25) is 11.8 Å². The van der Waals surface area contributed by atoms with E-state index in [9.17, 15) is 9.59 Å². The minimum Gasteiger partial charge on any atom is -0.396 e. The highest BCUT2D eigenvalue weighted by Crippen LogP contribution is 2.18. The van der Waals surface area contributed by atoms with Gasteiger partial charge < -0.3 is 15.3 Å². The number of nitrogens with zero attached hydrogens (tertiary/aromatic N) is 1. The fraction of sp³-hybridized carbons (Fsp3) is 0.846. The number of nitrogens with one attached hydrogen (secondary N) is 1. The van der Waals surface area contributed by atoms with Crippen LogP contribution in [0.15, 0.2) is 0 Å². The van der Waals surface area contributed by atoms with E-state index in [1.54, 1.807) is 4.90 Å². The average Bonchev–Trinajstić information content (AvgIpc) is 2.34. The van der Waals surface area contributed by atoms with Crippen molar-refractivity contribution in [2.75, 3.05) is 19.7 Å².